The van der Waals surface area contributed by atoms with Crippen molar-refractivity contribution in [2.24, 2.45) is 0 Å². The number of rotatable bonds is 5. The maximum Gasteiger partial charge on any atom is 0.472 e. The number of phosphoric ester groups is 1. The summed E-state index contributed by atoms with van der Waals surface area (Å²) in [6, 6.07) is 9.46. The fourth-order valence-corrected chi connectivity index (χ4v) is 6.75. The van der Waals surface area contributed by atoms with Gasteiger partial charge in [-0.15, -0.1) is 11.8 Å². The quantitative estimate of drug-likeness (QED) is 0.280. The van der Waals surface area contributed by atoms with Crippen molar-refractivity contribution in [3.8, 4) is 17.0 Å². The first-order valence-electron chi connectivity index (χ1n) is 12.7. The van der Waals surface area contributed by atoms with Crippen LogP contribution < -0.4 is 15.6 Å². The van der Waals surface area contributed by atoms with Crippen LogP contribution in [0.2, 0.25) is 0 Å². The molecular weight excluding hydrogens is 598 g/mol. The Morgan fingerprint density at radius 1 is 1.17 bits per heavy atom. The van der Waals surface area contributed by atoms with Crippen molar-refractivity contribution in [3.63, 3.8) is 0 Å². The molecule has 3 aromatic rings. The van der Waals surface area contributed by atoms with Crippen molar-refractivity contribution in [3.05, 3.63) is 92.5 Å². The van der Waals surface area contributed by atoms with Crippen molar-refractivity contribution in [1.82, 2.24) is 9.58 Å². The Morgan fingerprint density at radius 2 is 1.95 bits per heavy atom. The summed E-state index contributed by atoms with van der Waals surface area (Å²) in [5.74, 6) is -3.28. The predicted octanol–water partition coefficient (Wildman–Crippen LogP) is 4.41. The molecule has 15 heteroatoms. The molecule has 42 heavy (non-hydrogen) atoms. The number of piperidine rings is 1. The monoisotopic (exact) mass is 621 g/mol. The van der Waals surface area contributed by atoms with Gasteiger partial charge >= 0.3 is 7.82 Å². The van der Waals surface area contributed by atoms with Gasteiger partial charge in [0.25, 0.3) is 5.91 Å². The van der Waals surface area contributed by atoms with E-state index in [2.05, 4.69) is 9.95 Å². The lowest BCUT2D eigenvalue weighted by Crippen LogP contribution is -2.56. The number of fused-ring (bicyclic) bond motifs is 4. The highest BCUT2D eigenvalue weighted by molar-refractivity contribution is 7.98. The van der Waals surface area contributed by atoms with E-state index in [9.17, 15) is 18.5 Å². The number of thioether (sulfide) groups is 1. The number of hydrogen-bond acceptors (Lipinski definition) is 7. The van der Waals surface area contributed by atoms with Gasteiger partial charge < -0.3 is 24.8 Å². The Hall–Kier alpha value is -3.55. The van der Waals surface area contributed by atoms with Crippen molar-refractivity contribution in [2.75, 3.05) is 18.8 Å². The van der Waals surface area contributed by atoms with E-state index in [1.165, 1.54) is 21.3 Å². The fraction of sp³-hybridized carbons (Fsp3) is 0.259. The molecule has 0 bridgehead atoms. The van der Waals surface area contributed by atoms with Gasteiger partial charge in [0.2, 0.25) is 18.0 Å². The van der Waals surface area contributed by atoms with Crippen LogP contribution in [0.15, 0.2) is 58.0 Å². The zero-order valence-corrected chi connectivity index (χ0v) is 23.4. The van der Waals surface area contributed by atoms with Gasteiger partial charge in [-0.3, -0.25) is 9.59 Å². The second-order valence-corrected chi connectivity index (χ2v) is 12.2. The lowest BCUT2D eigenvalue weighted by atomic mass is 9.92. The van der Waals surface area contributed by atoms with Crippen molar-refractivity contribution in [2.45, 2.75) is 36.1 Å². The highest BCUT2D eigenvalue weighted by atomic mass is 32.2. The van der Waals surface area contributed by atoms with Crippen molar-refractivity contribution in [1.29, 1.82) is 0 Å². The number of ether oxygens (including phenoxy) is 1. The SMILES string of the molecule is O=C1c2c(OCOP(=O)(O)O)c(=O)cc(-c3cc(F)c(F)c4c3Cc3ccccc3SC4)n2N[C@@H]2C/C(=C/F)CCN12. The van der Waals surface area contributed by atoms with Gasteiger partial charge in [0, 0.05) is 40.8 Å². The van der Waals surface area contributed by atoms with Crippen LogP contribution in [0.4, 0.5) is 13.2 Å². The molecule has 2 aromatic carbocycles. The summed E-state index contributed by atoms with van der Waals surface area (Å²) >= 11 is 1.35. The largest absolute Gasteiger partial charge is 0.472 e. The highest BCUT2D eigenvalue weighted by Crippen LogP contribution is 2.41. The van der Waals surface area contributed by atoms with Gasteiger partial charge in [-0.05, 0) is 41.7 Å². The second-order valence-electron chi connectivity index (χ2n) is 9.90. The minimum atomic E-state index is -4.97. The van der Waals surface area contributed by atoms with E-state index in [1.54, 1.807) is 0 Å². The van der Waals surface area contributed by atoms with Gasteiger partial charge in [0.1, 0.15) is 6.17 Å². The molecule has 0 radical (unpaired) electrons. The number of hydrogen-bond donors (Lipinski definition) is 3. The van der Waals surface area contributed by atoms with Gasteiger partial charge in [0.05, 0.1) is 12.0 Å². The Bertz CT molecular complexity index is 1760. The number of halogens is 3. The Balaban J connectivity index is 1.56. The van der Waals surface area contributed by atoms with Crippen LogP contribution in [0.5, 0.6) is 5.75 Å². The lowest BCUT2D eigenvalue weighted by Gasteiger charge is -2.43. The van der Waals surface area contributed by atoms with Crippen LogP contribution >= 0.6 is 19.6 Å². The molecule has 0 saturated carbocycles. The second kappa shape index (κ2) is 10.9. The molecule has 0 aliphatic carbocycles. The summed E-state index contributed by atoms with van der Waals surface area (Å²) in [6.07, 6.45) is 0.298. The minimum Gasteiger partial charge on any atom is -0.460 e. The summed E-state index contributed by atoms with van der Waals surface area (Å²) in [6.45, 7) is -0.941. The Morgan fingerprint density at radius 3 is 2.71 bits per heavy atom. The molecule has 3 N–H and O–H groups in total. The van der Waals surface area contributed by atoms with E-state index < -0.39 is 49.5 Å². The van der Waals surface area contributed by atoms with Crippen LogP contribution in [-0.4, -0.2) is 44.8 Å². The molecule has 0 unspecified atom stereocenters. The average Bonchev–Trinajstić information content (AvgIpc) is 3.15. The molecule has 0 spiro atoms. The van der Waals surface area contributed by atoms with E-state index in [1.807, 2.05) is 24.3 Å². The summed E-state index contributed by atoms with van der Waals surface area (Å²) in [7, 11) is -4.97. The fourth-order valence-electron chi connectivity index (χ4n) is 5.46. The first-order valence-corrected chi connectivity index (χ1v) is 15.3. The van der Waals surface area contributed by atoms with Gasteiger partial charge in [-0.1, -0.05) is 18.2 Å². The average molecular weight is 622 g/mol. The third-order valence-electron chi connectivity index (χ3n) is 7.42. The highest BCUT2D eigenvalue weighted by Gasteiger charge is 2.40. The number of pyridine rings is 1. The summed E-state index contributed by atoms with van der Waals surface area (Å²) in [5.41, 5.74) is 3.93. The summed E-state index contributed by atoms with van der Waals surface area (Å²) < 4.78 is 65.7. The number of benzene rings is 2. The molecule has 4 heterocycles. The maximum atomic E-state index is 15.2. The molecule has 1 aromatic heterocycles. The molecule has 3 aliphatic rings. The molecular formula is C27H23F3N3O7PS. The molecule has 1 atom stereocenters. The third-order valence-corrected chi connectivity index (χ3v) is 9.00. The molecule has 3 aliphatic heterocycles. The number of nitrogens with one attached hydrogen (secondary N) is 1. The van der Waals surface area contributed by atoms with E-state index >= 15 is 8.78 Å². The van der Waals surface area contributed by atoms with E-state index in [-0.39, 0.29) is 54.1 Å². The number of amides is 1. The van der Waals surface area contributed by atoms with Crippen molar-refractivity contribution < 1.29 is 41.6 Å². The Labute approximate surface area is 241 Å². The van der Waals surface area contributed by atoms with E-state index in [0.717, 1.165) is 22.6 Å². The molecule has 220 valence electrons. The number of carbonyl (C=O) groups is 1. The van der Waals surface area contributed by atoms with Gasteiger partial charge in [-0.2, -0.15) is 0 Å². The number of nitrogens with zero attached hydrogens (tertiary/aromatic N) is 2. The first kappa shape index (κ1) is 28.6. The summed E-state index contributed by atoms with van der Waals surface area (Å²) in [4.78, 5) is 47.6. The van der Waals surface area contributed by atoms with E-state index in [4.69, 9.17) is 14.5 Å². The van der Waals surface area contributed by atoms with Crippen molar-refractivity contribution >= 4 is 25.5 Å². The zero-order chi connectivity index (χ0) is 29.8. The van der Waals surface area contributed by atoms with Crippen LogP contribution in [0.1, 0.15) is 40.0 Å². The number of carbonyl (C=O) groups excluding carboxylic acids is 1. The maximum absolute atomic E-state index is 15.2. The predicted molar refractivity (Wildman–Crippen MR) is 146 cm³/mol. The molecule has 6 rings (SSSR count). The normalized spacial score (nSPS) is 18.9. The van der Waals surface area contributed by atoms with Crippen LogP contribution in [0.25, 0.3) is 11.3 Å². The lowest BCUT2D eigenvalue weighted by molar-refractivity contribution is 0.0576. The van der Waals surface area contributed by atoms with Gasteiger partial charge in [-0.25, -0.2) is 26.9 Å². The van der Waals surface area contributed by atoms with Crippen LogP contribution in [-0.2, 0) is 21.3 Å². The molecule has 1 fully saturated rings. The molecule has 1 amide bonds. The minimum absolute atomic E-state index is 0.0298. The smallest absolute Gasteiger partial charge is 0.460 e. The standard InChI is InChI=1S/C27H23F3N3O7PS/c28-11-14-5-6-32-23(7-14)31-33-20(10-21(34)26(25(33)27(32)35)39-13-40-41(36,37)38)17-9-19(29)24(30)18-12-42-22-4-2-1-3-15(22)8-16(17)18/h1-4,9-11,23,31H,5-8,12-13H2,(H2,36,37,38)/b14-11+/t23-/m0/s1. The van der Waals surface area contributed by atoms with Crippen LogP contribution in [0, 0.1) is 11.6 Å². The number of aromatic nitrogens is 1. The Kier molecular flexibility index (Phi) is 7.44. The topological polar surface area (TPSA) is 130 Å². The number of phosphoric acid groups is 1. The summed E-state index contributed by atoms with van der Waals surface area (Å²) in [5, 5.41) is 0. The third kappa shape index (κ3) is 5.13. The van der Waals surface area contributed by atoms with E-state index in [0.29, 0.717) is 17.5 Å². The molecule has 10 nitrogen and oxygen atoms in total. The zero-order valence-electron chi connectivity index (χ0n) is 21.7. The molecule has 1 saturated heterocycles. The first-order chi connectivity index (χ1) is 20.1. The van der Waals surface area contributed by atoms with Crippen LogP contribution in [0.3, 0.4) is 0 Å². The van der Waals surface area contributed by atoms with Gasteiger partial charge in [0.15, 0.2) is 17.3 Å².